The maximum atomic E-state index is 12.6. The predicted molar refractivity (Wildman–Crippen MR) is 104 cm³/mol. The molecule has 0 aromatic heterocycles. The highest BCUT2D eigenvalue weighted by Crippen LogP contribution is 2.26. The van der Waals surface area contributed by atoms with Gasteiger partial charge < -0.3 is 10.0 Å². The zero-order valence-electron chi connectivity index (χ0n) is 15.4. The van der Waals surface area contributed by atoms with E-state index < -0.39 is 16.0 Å². The number of hydrogen-bond donors (Lipinski definition) is 2. The van der Waals surface area contributed by atoms with Crippen LogP contribution in [-0.2, 0) is 10.0 Å². The van der Waals surface area contributed by atoms with E-state index in [9.17, 15) is 18.3 Å². The topological polar surface area (TPSA) is 86.7 Å². The zero-order chi connectivity index (χ0) is 19.5. The van der Waals surface area contributed by atoms with Gasteiger partial charge in [0.2, 0.25) is 0 Å². The van der Waals surface area contributed by atoms with Crippen LogP contribution < -0.4 is 9.62 Å². The molecule has 2 N–H and O–H groups in total. The lowest BCUT2D eigenvalue weighted by Gasteiger charge is -2.23. The summed E-state index contributed by atoms with van der Waals surface area (Å²) in [6.07, 6.45) is 0. The van der Waals surface area contributed by atoms with Gasteiger partial charge in [-0.05, 0) is 69.2 Å². The highest BCUT2D eigenvalue weighted by molar-refractivity contribution is 7.92. The van der Waals surface area contributed by atoms with Crippen LogP contribution in [0.5, 0.6) is 0 Å². The smallest absolute Gasteiger partial charge is 0.337 e. The minimum atomic E-state index is -3.80. The lowest BCUT2D eigenvalue weighted by atomic mass is 10.1. The minimum Gasteiger partial charge on any atom is -0.478 e. The van der Waals surface area contributed by atoms with E-state index in [0.29, 0.717) is 18.8 Å². The van der Waals surface area contributed by atoms with Crippen LogP contribution in [0.2, 0.25) is 0 Å². The average Bonchev–Trinajstić information content (AvgIpc) is 2.58. The Morgan fingerprint density at radius 2 is 1.69 bits per heavy atom. The highest BCUT2D eigenvalue weighted by Gasteiger charge is 2.19. The normalized spacial score (nSPS) is 11.2. The number of aryl methyl sites for hydroxylation is 2. The average molecular weight is 376 g/mol. The number of carbonyl (C=O) groups is 1. The minimum absolute atomic E-state index is 0.0639. The van der Waals surface area contributed by atoms with Crippen LogP contribution in [-0.4, -0.2) is 32.6 Å². The predicted octanol–water partition coefficient (Wildman–Crippen LogP) is 3.65. The SMILES string of the molecule is CCN(CC)c1ccc(NS(=O)(=O)c2ccc(C)c(C)c2)cc1C(=O)O. The first kappa shape index (κ1) is 19.8. The lowest BCUT2D eigenvalue weighted by Crippen LogP contribution is -2.24. The van der Waals surface area contributed by atoms with Crippen LogP contribution >= 0.6 is 0 Å². The van der Waals surface area contributed by atoms with Crippen molar-refractivity contribution < 1.29 is 18.3 Å². The third-order valence-electron chi connectivity index (χ3n) is 4.37. The Labute approximate surface area is 154 Å². The number of rotatable bonds is 7. The van der Waals surface area contributed by atoms with Gasteiger partial charge in [-0.1, -0.05) is 6.07 Å². The van der Waals surface area contributed by atoms with E-state index in [4.69, 9.17) is 0 Å². The van der Waals surface area contributed by atoms with Crippen molar-refractivity contribution in [3.05, 3.63) is 53.1 Å². The Kier molecular flexibility index (Phi) is 5.92. The van der Waals surface area contributed by atoms with Crippen LogP contribution in [0.4, 0.5) is 11.4 Å². The molecule has 0 spiro atoms. The van der Waals surface area contributed by atoms with Gasteiger partial charge in [0.25, 0.3) is 10.0 Å². The monoisotopic (exact) mass is 376 g/mol. The summed E-state index contributed by atoms with van der Waals surface area (Å²) in [5, 5.41) is 9.51. The molecule has 0 amide bonds. The Hall–Kier alpha value is -2.54. The second-order valence-electron chi connectivity index (χ2n) is 6.06. The van der Waals surface area contributed by atoms with Crippen molar-refractivity contribution in [1.29, 1.82) is 0 Å². The Bertz CT molecular complexity index is 919. The molecule has 0 saturated heterocycles. The van der Waals surface area contributed by atoms with Gasteiger partial charge >= 0.3 is 5.97 Å². The van der Waals surface area contributed by atoms with E-state index in [1.165, 1.54) is 12.1 Å². The summed E-state index contributed by atoms with van der Waals surface area (Å²) < 4.78 is 27.7. The van der Waals surface area contributed by atoms with Crippen molar-refractivity contribution in [1.82, 2.24) is 0 Å². The molecule has 0 bridgehead atoms. The summed E-state index contributed by atoms with van der Waals surface area (Å²) in [5.74, 6) is -1.10. The third kappa shape index (κ3) is 4.16. The van der Waals surface area contributed by atoms with E-state index in [2.05, 4.69) is 4.72 Å². The van der Waals surface area contributed by atoms with Crippen molar-refractivity contribution in [2.24, 2.45) is 0 Å². The zero-order valence-corrected chi connectivity index (χ0v) is 16.2. The van der Waals surface area contributed by atoms with Crippen LogP contribution in [0, 0.1) is 13.8 Å². The van der Waals surface area contributed by atoms with Gasteiger partial charge in [-0.25, -0.2) is 13.2 Å². The van der Waals surface area contributed by atoms with Gasteiger partial charge in [0.05, 0.1) is 16.1 Å². The van der Waals surface area contributed by atoms with Gasteiger partial charge in [-0.2, -0.15) is 0 Å². The van der Waals surface area contributed by atoms with E-state index in [1.807, 2.05) is 32.6 Å². The Balaban J connectivity index is 2.41. The molecular weight excluding hydrogens is 352 g/mol. The number of hydrogen-bond acceptors (Lipinski definition) is 4. The largest absolute Gasteiger partial charge is 0.478 e. The fourth-order valence-corrected chi connectivity index (χ4v) is 3.84. The quantitative estimate of drug-likeness (QED) is 0.770. The summed E-state index contributed by atoms with van der Waals surface area (Å²) in [7, 11) is -3.80. The number of benzene rings is 2. The number of sulfonamides is 1. The Morgan fingerprint density at radius 1 is 1.04 bits per heavy atom. The van der Waals surface area contributed by atoms with Crippen molar-refractivity contribution in [3.8, 4) is 0 Å². The van der Waals surface area contributed by atoms with Crippen molar-refractivity contribution >= 4 is 27.4 Å². The third-order valence-corrected chi connectivity index (χ3v) is 5.75. The van der Waals surface area contributed by atoms with E-state index >= 15 is 0 Å². The molecule has 0 aliphatic carbocycles. The fraction of sp³-hybridized carbons (Fsp3) is 0.316. The van der Waals surface area contributed by atoms with Gasteiger partial charge in [0.1, 0.15) is 0 Å². The maximum Gasteiger partial charge on any atom is 0.337 e. The molecule has 0 radical (unpaired) electrons. The first-order chi connectivity index (χ1) is 12.2. The first-order valence-corrected chi connectivity index (χ1v) is 9.90. The van der Waals surface area contributed by atoms with Gasteiger partial charge in [-0.3, -0.25) is 4.72 Å². The second-order valence-corrected chi connectivity index (χ2v) is 7.74. The molecule has 140 valence electrons. The molecule has 7 heteroatoms. The highest BCUT2D eigenvalue weighted by atomic mass is 32.2. The summed E-state index contributed by atoms with van der Waals surface area (Å²) in [6, 6.07) is 9.45. The number of carboxylic acids is 1. The second kappa shape index (κ2) is 7.78. The van der Waals surface area contributed by atoms with E-state index in [1.54, 1.807) is 24.3 Å². The molecule has 2 rings (SSSR count). The van der Waals surface area contributed by atoms with Crippen LogP contribution in [0.1, 0.15) is 35.3 Å². The van der Waals surface area contributed by atoms with Gasteiger partial charge in [0.15, 0.2) is 0 Å². The van der Waals surface area contributed by atoms with Crippen molar-refractivity contribution in [3.63, 3.8) is 0 Å². The number of carboxylic acid groups (broad SMARTS) is 1. The lowest BCUT2D eigenvalue weighted by molar-refractivity contribution is 0.0697. The van der Waals surface area contributed by atoms with Crippen LogP contribution in [0.15, 0.2) is 41.3 Å². The molecule has 0 unspecified atom stereocenters. The number of nitrogens with one attached hydrogen (secondary N) is 1. The Morgan fingerprint density at radius 3 is 2.23 bits per heavy atom. The summed E-state index contributed by atoms with van der Waals surface area (Å²) in [4.78, 5) is 13.7. The van der Waals surface area contributed by atoms with Gasteiger partial charge in [-0.15, -0.1) is 0 Å². The van der Waals surface area contributed by atoms with Crippen LogP contribution in [0.3, 0.4) is 0 Å². The molecule has 0 aliphatic heterocycles. The van der Waals surface area contributed by atoms with Crippen LogP contribution in [0.25, 0.3) is 0 Å². The molecule has 26 heavy (non-hydrogen) atoms. The maximum absolute atomic E-state index is 12.6. The number of aromatic carboxylic acids is 1. The molecule has 0 heterocycles. The summed E-state index contributed by atoms with van der Waals surface area (Å²) in [5.41, 5.74) is 2.72. The van der Waals surface area contributed by atoms with Crippen molar-refractivity contribution in [2.75, 3.05) is 22.7 Å². The molecule has 2 aromatic rings. The standard InChI is InChI=1S/C19H24N2O4S/c1-5-21(6-2)18-10-8-15(12-17(18)19(22)23)20-26(24,25)16-9-7-13(3)14(4)11-16/h7-12,20H,5-6H2,1-4H3,(H,22,23). The molecule has 0 aliphatic rings. The van der Waals surface area contributed by atoms with E-state index in [-0.39, 0.29) is 16.1 Å². The van der Waals surface area contributed by atoms with E-state index in [0.717, 1.165) is 11.1 Å². The molecular formula is C19H24N2O4S. The van der Waals surface area contributed by atoms with Crippen molar-refractivity contribution in [2.45, 2.75) is 32.6 Å². The number of anilines is 2. The molecule has 6 nitrogen and oxygen atoms in total. The molecule has 0 fully saturated rings. The molecule has 0 saturated carbocycles. The summed E-state index contributed by atoms with van der Waals surface area (Å²) >= 11 is 0. The molecule has 2 aromatic carbocycles. The summed E-state index contributed by atoms with van der Waals surface area (Å²) in [6.45, 7) is 8.94. The molecule has 0 atom stereocenters. The number of nitrogens with zero attached hydrogens (tertiary/aromatic N) is 1. The first-order valence-electron chi connectivity index (χ1n) is 8.42. The fourth-order valence-electron chi connectivity index (χ4n) is 2.71. The van der Waals surface area contributed by atoms with Gasteiger partial charge in [0, 0.05) is 18.8 Å².